The van der Waals surface area contributed by atoms with Crippen molar-refractivity contribution in [2.24, 2.45) is 0 Å². The number of benzene rings is 1. The van der Waals surface area contributed by atoms with E-state index in [9.17, 15) is 0 Å². The molecule has 0 atom stereocenters. The average molecular weight is 298 g/mol. The Labute approximate surface area is 127 Å². The summed E-state index contributed by atoms with van der Waals surface area (Å²) in [4.78, 5) is 5.10. The smallest absolute Gasteiger partial charge is 0.0373 e. The maximum absolute atomic E-state index is 2.34. The number of hydrogen-bond donors (Lipinski definition) is 0. The monoisotopic (exact) mass is 297 g/mol. The van der Waals surface area contributed by atoms with Crippen molar-refractivity contribution >= 4 is 29.2 Å². The number of hydrogen-bond acceptors (Lipinski definition) is 3. The van der Waals surface area contributed by atoms with Gasteiger partial charge in [-0.05, 0) is 42.5 Å². The zero-order valence-corrected chi connectivity index (χ0v) is 14.4. The molecule has 0 fully saturated rings. The molecular formula is C16H27NS2. The van der Waals surface area contributed by atoms with Crippen LogP contribution in [-0.2, 0) is 0 Å². The van der Waals surface area contributed by atoms with E-state index in [1.807, 2.05) is 23.5 Å². The summed E-state index contributed by atoms with van der Waals surface area (Å²) in [5, 5.41) is 0. The average Bonchev–Trinajstić information content (AvgIpc) is 2.40. The van der Waals surface area contributed by atoms with Gasteiger partial charge in [0.2, 0.25) is 0 Å². The second-order valence-electron chi connectivity index (χ2n) is 4.93. The summed E-state index contributed by atoms with van der Waals surface area (Å²) in [6, 6.07) is 6.87. The largest absolute Gasteiger partial charge is 0.378 e. The molecule has 19 heavy (non-hydrogen) atoms. The molecule has 3 heteroatoms. The summed E-state index contributed by atoms with van der Waals surface area (Å²) in [7, 11) is 4.22. The Morgan fingerprint density at radius 1 is 0.895 bits per heavy atom. The summed E-state index contributed by atoms with van der Waals surface area (Å²) in [5.41, 5.74) is 1.30. The van der Waals surface area contributed by atoms with Crippen molar-refractivity contribution in [3.63, 3.8) is 0 Å². The van der Waals surface area contributed by atoms with E-state index in [-0.39, 0.29) is 0 Å². The van der Waals surface area contributed by atoms with Gasteiger partial charge in [0.05, 0.1) is 0 Å². The SMILES string of the molecule is CCCCSc1ccc(N(C)C)cc1SCCCC. The highest BCUT2D eigenvalue weighted by atomic mass is 32.2. The van der Waals surface area contributed by atoms with E-state index in [2.05, 4.69) is 51.0 Å². The molecule has 0 aromatic heterocycles. The fraction of sp³-hybridized carbons (Fsp3) is 0.625. The second kappa shape index (κ2) is 9.60. The van der Waals surface area contributed by atoms with Crippen molar-refractivity contribution in [1.82, 2.24) is 0 Å². The molecule has 0 N–H and O–H groups in total. The van der Waals surface area contributed by atoms with Crippen LogP contribution in [0.25, 0.3) is 0 Å². The number of rotatable bonds is 9. The highest BCUT2D eigenvalue weighted by molar-refractivity contribution is 8.02. The van der Waals surface area contributed by atoms with Gasteiger partial charge in [-0.1, -0.05) is 26.7 Å². The van der Waals surface area contributed by atoms with Gasteiger partial charge in [-0.15, -0.1) is 23.5 Å². The van der Waals surface area contributed by atoms with E-state index in [1.54, 1.807) is 0 Å². The topological polar surface area (TPSA) is 3.24 Å². The van der Waals surface area contributed by atoms with E-state index < -0.39 is 0 Å². The van der Waals surface area contributed by atoms with E-state index in [0.717, 1.165) is 0 Å². The molecule has 1 nitrogen and oxygen atoms in total. The highest BCUT2D eigenvalue weighted by Gasteiger charge is 2.06. The van der Waals surface area contributed by atoms with Crippen LogP contribution in [0.3, 0.4) is 0 Å². The fourth-order valence-corrected chi connectivity index (χ4v) is 4.10. The fourth-order valence-electron chi connectivity index (χ4n) is 1.66. The Balaban J connectivity index is 2.75. The standard InChI is InChI=1S/C16H27NS2/c1-5-7-11-18-15-10-9-14(17(3)4)13-16(15)19-12-8-6-2/h9-10,13H,5-8,11-12H2,1-4H3. The lowest BCUT2D eigenvalue weighted by molar-refractivity contribution is 0.893. The summed E-state index contributed by atoms with van der Waals surface area (Å²) < 4.78 is 0. The molecule has 0 saturated heterocycles. The van der Waals surface area contributed by atoms with Crippen molar-refractivity contribution < 1.29 is 0 Å². The summed E-state index contributed by atoms with van der Waals surface area (Å²) in [5.74, 6) is 2.47. The molecular weight excluding hydrogens is 270 g/mol. The van der Waals surface area contributed by atoms with Crippen molar-refractivity contribution in [3.05, 3.63) is 18.2 Å². The lowest BCUT2D eigenvalue weighted by atomic mass is 10.3. The third-order valence-electron chi connectivity index (χ3n) is 2.95. The zero-order valence-electron chi connectivity index (χ0n) is 12.7. The first kappa shape index (κ1) is 16.8. The number of nitrogens with zero attached hydrogens (tertiary/aromatic N) is 1. The molecule has 0 amide bonds. The molecule has 0 unspecified atom stereocenters. The van der Waals surface area contributed by atoms with Crippen LogP contribution in [0, 0.1) is 0 Å². The van der Waals surface area contributed by atoms with Crippen LogP contribution in [0.1, 0.15) is 39.5 Å². The van der Waals surface area contributed by atoms with Crippen LogP contribution in [0.15, 0.2) is 28.0 Å². The van der Waals surface area contributed by atoms with Crippen LogP contribution in [0.5, 0.6) is 0 Å². The molecule has 1 aromatic rings. The molecule has 0 aliphatic heterocycles. The van der Waals surface area contributed by atoms with Crippen molar-refractivity contribution in [2.75, 3.05) is 30.5 Å². The lowest BCUT2D eigenvalue weighted by Gasteiger charge is -2.16. The van der Waals surface area contributed by atoms with Gasteiger partial charge in [-0.25, -0.2) is 0 Å². The minimum Gasteiger partial charge on any atom is -0.378 e. The van der Waals surface area contributed by atoms with Crippen molar-refractivity contribution in [1.29, 1.82) is 0 Å². The number of unbranched alkanes of at least 4 members (excludes halogenated alkanes) is 2. The third kappa shape index (κ3) is 6.13. The lowest BCUT2D eigenvalue weighted by Crippen LogP contribution is -2.08. The minimum atomic E-state index is 1.23. The first-order valence-corrected chi connectivity index (χ1v) is 9.23. The number of thioether (sulfide) groups is 2. The Bertz CT molecular complexity index is 364. The van der Waals surface area contributed by atoms with Crippen molar-refractivity contribution in [3.8, 4) is 0 Å². The van der Waals surface area contributed by atoms with E-state index in [4.69, 9.17) is 0 Å². The van der Waals surface area contributed by atoms with Gasteiger partial charge in [0.15, 0.2) is 0 Å². The van der Waals surface area contributed by atoms with E-state index in [1.165, 1.54) is 52.7 Å². The Kier molecular flexibility index (Phi) is 8.47. The molecule has 0 aliphatic carbocycles. The Morgan fingerprint density at radius 2 is 1.47 bits per heavy atom. The van der Waals surface area contributed by atoms with Gasteiger partial charge >= 0.3 is 0 Å². The molecule has 0 saturated carbocycles. The predicted octanol–water partition coefficient (Wildman–Crippen LogP) is 5.54. The maximum atomic E-state index is 2.34. The van der Waals surface area contributed by atoms with Crippen LogP contribution < -0.4 is 4.90 Å². The van der Waals surface area contributed by atoms with Gasteiger partial charge in [-0.2, -0.15) is 0 Å². The highest BCUT2D eigenvalue weighted by Crippen LogP contribution is 2.34. The van der Waals surface area contributed by atoms with Crippen LogP contribution in [-0.4, -0.2) is 25.6 Å². The van der Waals surface area contributed by atoms with Gasteiger partial charge in [0.1, 0.15) is 0 Å². The molecule has 108 valence electrons. The zero-order chi connectivity index (χ0) is 14.1. The van der Waals surface area contributed by atoms with Gasteiger partial charge in [0, 0.05) is 29.6 Å². The molecule has 0 heterocycles. The van der Waals surface area contributed by atoms with Crippen LogP contribution >= 0.6 is 23.5 Å². The van der Waals surface area contributed by atoms with Crippen molar-refractivity contribution in [2.45, 2.75) is 49.3 Å². The summed E-state index contributed by atoms with van der Waals surface area (Å²) in [6.45, 7) is 4.51. The Morgan fingerprint density at radius 3 is 2.00 bits per heavy atom. The maximum Gasteiger partial charge on any atom is 0.0373 e. The Hall–Kier alpha value is -0.280. The summed E-state index contributed by atoms with van der Waals surface area (Å²) in [6.07, 6.45) is 5.16. The molecule has 0 radical (unpaired) electrons. The van der Waals surface area contributed by atoms with E-state index >= 15 is 0 Å². The molecule has 1 rings (SSSR count). The van der Waals surface area contributed by atoms with Gasteiger partial charge in [0.25, 0.3) is 0 Å². The first-order chi connectivity index (χ1) is 9.19. The minimum absolute atomic E-state index is 1.23. The molecule has 1 aromatic carbocycles. The first-order valence-electron chi connectivity index (χ1n) is 7.26. The normalized spacial score (nSPS) is 10.7. The second-order valence-corrected chi connectivity index (χ2v) is 7.20. The third-order valence-corrected chi connectivity index (χ3v) is 5.39. The molecule has 0 aliphatic rings. The summed E-state index contributed by atoms with van der Waals surface area (Å²) >= 11 is 4.02. The molecule has 0 bridgehead atoms. The predicted molar refractivity (Wildman–Crippen MR) is 92.0 cm³/mol. The molecule has 0 spiro atoms. The van der Waals surface area contributed by atoms with Crippen LogP contribution in [0.2, 0.25) is 0 Å². The van der Waals surface area contributed by atoms with Gasteiger partial charge in [-0.3, -0.25) is 0 Å². The number of anilines is 1. The van der Waals surface area contributed by atoms with Gasteiger partial charge < -0.3 is 4.90 Å². The van der Waals surface area contributed by atoms with Crippen LogP contribution in [0.4, 0.5) is 5.69 Å². The van der Waals surface area contributed by atoms with E-state index in [0.29, 0.717) is 0 Å². The quantitative estimate of drug-likeness (QED) is 0.435.